The van der Waals surface area contributed by atoms with Crippen molar-refractivity contribution in [2.24, 2.45) is 0 Å². The zero-order valence-electron chi connectivity index (χ0n) is 18.5. The van der Waals surface area contributed by atoms with Gasteiger partial charge in [0.15, 0.2) is 11.5 Å². The lowest BCUT2D eigenvalue weighted by Gasteiger charge is -2.37. The zero-order chi connectivity index (χ0) is 22.9. The first-order chi connectivity index (χ1) is 15.4. The van der Waals surface area contributed by atoms with Crippen molar-refractivity contribution in [3.8, 4) is 11.5 Å². The van der Waals surface area contributed by atoms with Crippen LogP contribution in [0.1, 0.15) is 34.3 Å². The van der Waals surface area contributed by atoms with Gasteiger partial charge in [-0.25, -0.2) is 4.79 Å². The molecule has 2 aliphatic heterocycles. The highest BCUT2D eigenvalue weighted by Crippen LogP contribution is 2.32. The van der Waals surface area contributed by atoms with Crippen LogP contribution in [0, 0.1) is 6.92 Å². The van der Waals surface area contributed by atoms with Crippen molar-refractivity contribution < 1.29 is 23.9 Å². The molecular formula is C24H27N3O5. The van der Waals surface area contributed by atoms with E-state index in [-0.39, 0.29) is 24.4 Å². The van der Waals surface area contributed by atoms with Gasteiger partial charge in [-0.2, -0.15) is 0 Å². The Morgan fingerprint density at radius 2 is 1.66 bits per heavy atom. The molecular weight excluding hydrogens is 410 g/mol. The number of nitrogens with zero attached hydrogens (tertiary/aromatic N) is 2. The summed E-state index contributed by atoms with van der Waals surface area (Å²) in [6.07, 6.45) is 0.752. The first-order valence-electron chi connectivity index (χ1n) is 10.6. The monoisotopic (exact) mass is 437 g/mol. The SMILES string of the molecule is COc1ccc(C(=O)N2CCC3(CC2)NC(=O)N(Cc2ccc(C)cc2)C3=O)cc1OC. The number of urea groups is 1. The number of methoxy groups -OCH3 is 2. The molecule has 2 aromatic rings. The quantitative estimate of drug-likeness (QED) is 0.727. The van der Waals surface area contributed by atoms with E-state index in [0.29, 0.717) is 43.0 Å². The van der Waals surface area contributed by atoms with Crippen LogP contribution in [0.3, 0.4) is 0 Å². The number of carbonyl (C=O) groups excluding carboxylic acids is 3. The van der Waals surface area contributed by atoms with Crippen molar-refractivity contribution in [2.45, 2.75) is 31.8 Å². The lowest BCUT2D eigenvalue weighted by Crippen LogP contribution is -2.55. The van der Waals surface area contributed by atoms with Gasteiger partial charge in [-0.15, -0.1) is 0 Å². The number of ether oxygens (including phenoxy) is 2. The van der Waals surface area contributed by atoms with E-state index in [4.69, 9.17) is 9.47 Å². The van der Waals surface area contributed by atoms with Crippen molar-refractivity contribution in [2.75, 3.05) is 27.3 Å². The lowest BCUT2D eigenvalue weighted by atomic mass is 9.87. The molecule has 0 saturated carbocycles. The van der Waals surface area contributed by atoms with Crippen LogP contribution in [0.25, 0.3) is 0 Å². The maximum Gasteiger partial charge on any atom is 0.325 e. The van der Waals surface area contributed by atoms with Crippen molar-refractivity contribution >= 4 is 17.8 Å². The van der Waals surface area contributed by atoms with Crippen LogP contribution >= 0.6 is 0 Å². The predicted molar refractivity (Wildman–Crippen MR) is 118 cm³/mol. The molecule has 0 aromatic heterocycles. The van der Waals surface area contributed by atoms with Crippen molar-refractivity contribution in [1.29, 1.82) is 0 Å². The third-order valence-electron chi connectivity index (χ3n) is 6.24. The van der Waals surface area contributed by atoms with Crippen LogP contribution < -0.4 is 14.8 Å². The summed E-state index contributed by atoms with van der Waals surface area (Å²) in [4.78, 5) is 41.7. The van der Waals surface area contributed by atoms with E-state index in [1.807, 2.05) is 31.2 Å². The summed E-state index contributed by atoms with van der Waals surface area (Å²) in [5.74, 6) is 0.668. The van der Waals surface area contributed by atoms with E-state index < -0.39 is 5.54 Å². The van der Waals surface area contributed by atoms with E-state index >= 15 is 0 Å². The maximum absolute atomic E-state index is 13.2. The van der Waals surface area contributed by atoms with Gasteiger partial charge in [-0.3, -0.25) is 14.5 Å². The number of aryl methyl sites for hydroxylation is 1. The molecule has 0 bridgehead atoms. The highest BCUT2D eigenvalue weighted by Gasteiger charge is 2.52. The normalized spacial score (nSPS) is 17.5. The van der Waals surface area contributed by atoms with Gasteiger partial charge in [-0.1, -0.05) is 29.8 Å². The second-order valence-corrected chi connectivity index (χ2v) is 8.25. The Morgan fingerprint density at radius 3 is 2.28 bits per heavy atom. The summed E-state index contributed by atoms with van der Waals surface area (Å²) < 4.78 is 10.5. The molecule has 1 N–H and O–H groups in total. The number of hydrogen-bond donors (Lipinski definition) is 1. The summed E-state index contributed by atoms with van der Waals surface area (Å²) in [7, 11) is 3.06. The van der Waals surface area contributed by atoms with Crippen molar-refractivity contribution in [1.82, 2.24) is 15.1 Å². The topological polar surface area (TPSA) is 88.2 Å². The standard InChI is InChI=1S/C24H27N3O5/c1-16-4-6-17(7-5-16)15-27-22(29)24(25-23(27)30)10-12-26(13-11-24)21(28)18-8-9-19(31-2)20(14-18)32-3/h4-9,14H,10-13,15H2,1-3H3,(H,25,30). The molecule has 2 saturated heterocycles. The van der Waals surface area contributed by atoms with Gasteiger partial charge in [0.05, 0.1) is 20.8 Å². The Morgan fingerprint density at radius 1 is 1.00 bits per heavy atom. The number of imide groups is 1. The number of nitrogens with one attached hydrogen (secondary N) is 1. The second kappa shape index (κ2) is 8.53. The van der Waals surface area contributed by atoms with Crippen LogP contribution in [-0.2, 0) is 11.3 Å². The zero-order valence-corrected chi connectivity index (χ0v) is 18.5. The van der Waals surface area contributed by atoms with Gasteiger partial charge in [0.2, 0.25) is 0 Å². The third kappa shape index (κ3) is 3.88. The summed E-state index contributed by atoms with van der Waals surface area (Å²) in [5.41, 5.74) is 1.56. The molecule has 0 atom stereocenters. The van der Waals surface area contributed by atoms with Crippen LogP contribution in [0.5, 0.6) is 11.5 Å². The van der Waals surface area contributed by atoms with E-state index in [0.717, 1.165) is 11.1 Å². The minimum absolute atomic E-state index is 0.144. The molecule has 2 aromatic carbocycles. The van der Waals surface area contributed by atoms with Crippen LogP contribution in [-0.4, -0.2) is 60.5 Å². The molecule has 8 heteroatoms. The summed E-state index contributed by atoms with van der Waals surface area (Å²) in [5, 5.41) is 2.90. The fraction of sp³-hybridized carbons (Fsp3) is 0.375. The minimum Gasteiger partial charge on any atom is -0.493 e. The van der Waals surface area contributed by atoms with Crippen molar-refractivity contribution in [3.63, 3.8) is 0 Å². The number of rotatable bonds is 5. The van der Waals surface area contributed by atoms with Crippen LogP contribution in [0.15, 0.2) is 42.5 Å². The Balaban J connectivity index is 1.43. The van der Waals surface area contributed by atoms with Gasteiger partial charge in [-0.05, 0) is 43.5 Å². The second-order valence-electron chi connectivity index (χ2n) is 8.25. The van der Waals surface area contributed by atoms with Gasteiger partial charge in [0.1, 0.15) is 5.54 Å². The van der Waals surface area contributed by atoms with E-state index in [1.54, 1.807) is 30.2 Å². The molecule has 2 fully saturated rings. The number of carbonyl (C=O) groups is 3. The first kappa shape index (κ1) is 21.7. The number of amides is 4. The largest absolute Gasteiger partial charge is 0.493 e. The maximum atomic E-state index is 13.2. The number of likely N-dealkylation sites (tertiary alicyclic amines) is 1. The molecule has 0 unspecified atom stereocenters. The highest BCUT2D eigenvalue weighted by atomic mass is 16.5. The molecule has 4 rings (SSSR count). The van der Waals surface area contributed by atoms with Crippen LogP contribution in [0.4, 0.5) is 4.79 Å². The molecule has 32 heavy (non-hydrogen) atoms. The van der Waals surface area contributed by atoms with Gasteiger partial charge in [0.25, 0.3) is 11.8 Å². The first-order valence-corrected chi connectivity index (χ1v) is 10.6. The molecule has 0 aliphatic carbocycles. The Hall–Kier alpha value is -3.55. The van der Waals surface area contributed by atoms with Gasteiger partial charge < -0.3 is 19.7 Å². The molecule has 4 amide bonds. The molecule has 168 valence electrons. The summed E-state index contributed by atoms with van der Waals surface area (Å²) in [6, 6.07) is 12.4. The average Bonchev–Trinajstić information content (AvgIpc) is 3.03. The number of benzene rings is 2. The number of hydrogen-bond acceptors (Lipinski definition) is 5. The van der Waals surface area contributed by atoms with Gasteiger partial charge in [0, 0.05) is 18.7 Å². The lowest BCUT2D eigenvalue weighted by molar-refractivity contribution is -0.133. The van der Waals surface area contributed by atoms with Crippen molar-refractivity contribution in [3.05, 3.63) is 59.2 Å². The van der Waals surface area contributed by atoms with E-state index in [9.17, 15) is 14.4 Å². The Bertz CT molecular complexity index is 1040. The molecule has 8 nitrogen and oxygen atoms in total. The Kier molecular flexibility index (Phi) is 5.78. The smallest absolute Gasteiger partial charge is 0.325 e. The van der Waals surface area contributed by atoms with Crippen LogP contribution in [0.2, 0.25) is 0 Å². The molecule has 2 aliphatic rings. The average molecular weight is 437 g/mol. The molecule has 0 radical (unpaired) electrons. The van der Waals surface area contributed by atoms with E-state index in [1.165, 1.54) is 12.0 Å². The minimum atomic E-state index is -0.948. The van der Waals surface area contributed by atoms with Gasteiger partial charge >= 0.3 is 6.03 Å². The molecule has 1 spiro atoms. The molecule has 2 heterocycles. The summed E-state index contributed by atoms with van der Waals surface area (Å²) >= 11 is 0. The number of piperidine rings is 1. The fourth-order valence-corrected chi connectivity index (χ4v) is 4.28. The third-order valence-corrected chi connectivity index (χ3v) is 6.24. The fourth-order valence-electron chi connectivity index (χ4n) is 4.28. The summed E-state index contributed by atoms with van der Waals surface area (Å²) in [6.45, 7) is 2.97. The highest BCUT2D eigenvalue weighted by molar-refractivity contribution is 6.07. The van der Waals surface area contributed by atoms with E-state index in [2.05, 4.69) is 5.32 Å². The predicted octanol–water partition coefficient (Wildman–Crippen LogP) is 2.74. The Labute approximate surface area is 187 Å².